The highest BCUT2D eigenvalue weighted by Gasteiger charge is 2.25. The molecule has 2 heterocycles. The van der Waals surface area contributed by atoms with Crippen molar-refractivity contribution in [3.63, 3.8) is 0 Å². The Kier molecular flexibility index (Phi) is 5.40. The molecule has 1 aliphatic rings. The molecule has 4 rings (SSSR count). The van der Waals surface area contributed by atoms with Gasteiger partial charge in [-0.1, -0.05) is 31.2 Å². The van der Waals surface area contributed by atoms with Crippen LogP contribution in [0.4, 0.5) is 5.69 Å². The minimum absolute atomic E-state index is 0.220. The standard InChI is InChI=1S/C22H19NO5S/c1-14-10-11-23(16-7-3-5-9-20(16)29-14)21(25)13-27-22(26)19-12-17(24)15-6-2-4-8-18(15)28-19/h2-9,12,14H,10-11,13H2,1H3/t14-/m1/s1. The van der Waals surface area contributed by atoms with E-state index in [2.05, 4.69) is 6.92 Å². The van der Waals surface area contributed by atoms with Crippen LogP contribution in [-0.4, -0.2) is 30.3 Å². The smallest absolute Gasteiger partial charge is 0.374 e. The molecule has 0 saturated carbocycles. The van der Waals surface area contributed by atoms with Gasteiger partial charge in [0.25, 0.3) is 5.91 Å². The molecule has 0 fully saturated rings. The number of anilines is 1. The van der Waals surface area contributed by atoms with E-state index in [9.17, 15) is 14.4 Å². The van der Waals surface area contributed by atoms with Gasteiger partial charge in [-0.3, -0.25) is 9.59 Å². The van der Waals surface area contributed by atoms with Crippen molar-refractivity contribution in [1.82, 2.24) is 0 Å². The molecule has 0 saturated heterocycles. The third-order valence-corrected chi connectivity index (χ3v) is 5.94. The Morgan fingerprint density at radius 1 is 1.17 bits per heavy atom. The van der Waals surface area contributed by atoms with Crippen molar-refractivity contribution in [2.75, 3.05) is 18.1 Å². The molecule has 6 nitrogen and oxygen atoms in total. The first-order valence-electron chi connectivity index (χ1n) is 9.29. The van der Waals surface area contributed by atoms with Crippen molar-refractivity contribution >= 4 is 40.3 Å². The van der Waals surface area contributed by atoms with Crippen LogP contribution in [0.2, 0.25) is 0 Å². The average Bonchev–Trinajstić information content (AvgIpc) is 2.90. The van der Waals surface area contributed by atoms with Gasteiger partial charge in [-0.15, -0.1) is 11.8 Å². The molecule has 0 N–H and O–H groups in total. The van der Waals surface area contributed by atoms with Crippen LogP contribution in [0, 0.1) is 0 Å². The number of hydrogen-bond donors (Lipinski definition) is 0. The Labute approximate surface area is 171 Å². The lowest BCUT2D eigenvalue weighted by atomic mass is 10.2. The Bertz CT molecular complexity index is 1140. The summed E-state index contributed by atoms with van der Waals surface area (Å²) in [5, 5.41) is 0.760. The summed E-state index contributed by atoms with van der Waals surface area (Å²) in [5.74, 6) is -1.38. The Morgan fingerprint density at radius 2 is 1.93 bits per heavy atom. The predicted octanol–water partition coefficient (Wildman–Crippen LogP) is 3.87. The molecule has 1 aliphatic heterocycles. The molecule has 3 aromatic rings. The van der Waals surface area contributed by atoms with Crippen LogP contribution in [0.3, 0.4) is 0 Å². The van der Waals surface area contributed by atoms with Gasteiger partial charge >= 0.3 is 5.97 Å². The van der Waals surface area contributed by atoms with Crippen molar-refractivity contribution in [2.24, 2.45) is 0 Å². The van der Waals surface area contributed by atoms with E-state index in [4.69, 9.17) is 9.15 Å². The van der Waals surface area contributed by atoms with Gasteiger partial charge in [0, 0.05) is 22.8 Å². The highest BCUT2D eigenvalue weighted by molar-refractivity contribution is 8.00. The van der Waals surface area contributed by atoms with E-state index in [1.807, 2.05) is 24.3 Å². The molecule has 1 aromatic heterocycles. The van der Waals surface area contributed by atoms with Gasteiger partial charge in [-0.25, -0.2) is 4.79 Å². The summed E-state index contributed by atoms with van der Waals surface area (Å²) >= 11 is 1.73. The second-order valence-corrected chi connectivity index (χ2v) is 8.26. The molecule has 1 amide bonds. The Balaban J connectivity index is 1.50. The number of amides is 1. The zero-order chi connectivity index (χ0) is 20.4. The maximum atomic E-state index is 12.8. The molecular formula is C22H19NO5S. The zero-order valence-corrected chi connectivity index (χ0v) is 16.6. The summed E-state index contributed by atoms with van der Waals surface area (Å²) in [6.45, 7) is 2.24. The summed E-state index contributed by atoms with van der Waals surface area (Å²) in [4.78, 5) is 40.0. The summed E-state index contributed by atoms with van der Waals surface area (Å²) in [7, 11) is 0. The van der Waals surface area contributed by atoms with Crippen LogP contribution in [0.25, 0.3) is 11.0 Å². The first kappa shape index (κ1) is 19.3. The molecule has 0 aliphatic carbocycles. The minimum atomic E-state index is -0.841. The van der Waals surface area contributed by atoms with Gasteiger partial charge in [0.05, 0.1) is 11.1 Å². The third-order valence-electron chi connectivity index (χ3n) is 4.71. The number of para-hydroxylation sites is 2. The first-order chi connectivity index (χ1) is 14.0. The number of hydrogen-bond acceptors (Lipinski definition) is 6. The normalized spacial score (nSPS) is 16.2. The van der Waals surface area contributed by atoms with Gasteiger partial charge in [0.1, 0.15) is 5.58 Å². The van der Waals surface area contributed by atoms with Gasteiger partial charge < -0.3 is 14.1 Å². The molecule has 1 atom stereocenters. The maximum absolute atomic E-state index is 12.8. The quantitative estimate of drug-likeness (QED) is 0.611. The number of ether oxygens (including phenoxy) is 1. The number of benzene rings is 2. The Hall–Kier alpha value is -3.06. The molecule has 0 unspecified atom stereocenters. The number of carbonyl (C=O) groups is 2. The monoisotopic (exact) mass is 409 g/mol. The fraction of sp³-hybridized carbons (Fsp3) is 0.227. The molecule has 29 heavy (non-hydrogen) atoms. The van der Waals surface area contributed by atoms with Crippen molar-refractivity contribution in [3.8, 4) is 0 Å². The van der Waals surface area contributed by atoms with E-state index in [1.54, 1.807) is 40.9 Å². The van der Waals surface area contributed by atoms with Crippen molar-refractivity contribution in [1.29, 1.82) is 0 Å². The first-order valence-corrected chi connectivity index (χ1v) is 10.2. The van der Waals surface area contributed by atoms with Gasteiger partial charge in [-0.05, 0) is 30.7 Å². The number of carbonyl (C=O) groups excluding carboxylic acids is 2. The largest absolute Gasteiger partial charge is 0.450 e. The zero-order valence-electron chi connectivity index (χ0n) is 15.8. The van der Waals surface area contributed by atoms with E-state index >= 15 is 0 Å². The van der Waals surface area contributed by atoms with Crippen molar-refractivity contribution < 1.29 is 18.7 Å². The van der Waals surface area contributed by atoms with Crippen molar-refractivity contribution in [3.05, 3.63) is 70.6 Å². The maximum Gasteiger partial charge on any atom is 0.374 e. The van der Waals surface area contributed by atoms with Crippen molar-refractivity contribution in [2.45, 2.75) is 23.5 Å². The highest BCUT2D eigenvalue weighted by atomic mass is 32.2. The number of rotatable bonds is 3. The lowest BCUT2D eigenvalue weighted by Gasteiger charge is -2.22. The lowest BCUT2D eigenvalue weighted by Crippen LogP contribution is -2.35. The van der Waals surface area contributed by atoms with E-state index in [0.29, 0.717) is 22.8 Å². The summed E-state index contributed by atoms with van der Waals surface area (Å²) in [6.07, 6.45) is 0.832. The fourth-order valence-electron chi connectivity index (χ4n) is 3.23. The van der Waals surface area contributed by atoms with Gasteiger partial charge in [0.15, 0.2) is 12.0 Å². The van der Waals surface area contributed by atoms with E-state index in [1.165, 1.54) is 0 Å². The van der Waals surface area contributed by atoms with Crippen LogP contribution >= 0.6 is 11.8 Å². The molecule has 7 heteroatoms. The number of esters is 1. The topological polar surface area (TPSA) is 76.8 Å². The van der Waals surface area contributed by atoms with Crippen LogP contribution in [0.15, 0.2) is 68.7 Å². The van der Waals surface area contributed by atoms with Crippen LogP contribution in [-0.2, 0) is 9.53 Å². The van der Waals surface area contributed by atoms with Gasteiger partial charge in [0.2, 0.25) is 5.76 Å². The van der Waals surface area contributed by atoms with E-state index < -0.39 is 12.6 Å². The van der Waals surface area contributed by atoms with Crippen LogP contribution in [0.1, 0.15) is 23.9 Å². The molecule has 0 bridgehead atoms. The number of thioether (sulfide) groups is 1. The lowest BCUT2D eigenvalue weighted by molar-refractivity contribution is -0.121. The summed E-state index contributed by atoms with van der Waals surface area (Å²) < 4.78 is 10.6. The highest BCUT2D eigenvalue weighted by Crippen LogP contribution is 2.37. The average molecular weight is 409 g/mol. The molecular weight excluding hydrogens is 390 g/mol. The number of fused-ring (bicyclic) bond motifs is 2. The van der Waals surface area contributed by atoms with Crippen LogP contribution in [0.5, 0.6) is 0 Å². The van der Waals surface area contributed by atoms with E-state index in [0.717, 1.165) is 23.1 Å². The van der Waals surface area contributed by atoms with E-state index in [-0.39, 0.29) is 17.1 Å². The Morgan fingerprint density at radius 3 is 2.79 bits per heavy atom. The number of nitrogens with zero attached hydrogens (tertiary/aromatic N) is 1. The fourth-order valence-corrected chi connectivity index (χ4v) is 4.34. The van der Waals surface area contributed by atoms with Crippen LogP contribution < -0.4 is 10.3 Å². The molecule has 148 valence electrons. The minimum Gasteiger partial charge on any atom is -0.450 e. The third kappa shape index (κ3) is 4.05. The second kappa shape index (κ2) is 8.13. The molecule has 0 radical (unpaired) electrons. The summed E-state index contributed by atoms with van der Waals surface area (Å²) in [6, 6.07) is 15.4. The predicted molar refractivity (Wildman–Crippen MR) is 111 cm³/mol. The summed E-state index contributed by atoms with van der Waals surface area (Å²) in [5.41, 5.74) is 0.781. The van der Waals surface area contributed by atoms with Gasteiger partial charge in [-0.2, -0.15) is 0 Å². The molecule has 0 spiro atoms. The SMILES string of the molecule is C[C@@H]1CCN(C(=O)COC(=O)c2cc(=O)c3ccccc3o2)c2ccccc2S1. The molecule has 2 aromatic carbocycles. The second-order valence-electron chi connectivity index (χ2n) is 6.78.